The van der Waals surface area contributed by atoms with Gasteiger partial charge in [0.1, 0.15) is 5.82 Å². The topological polar surface area (TPSA) is 97.1 Å². The van der Waals surface area contributed by atoms with Gasteiger partial charge in [-0.05, 0) is 32.9 Å². The van der Waals surface area contributed by atoms with Crippen molar-refractivity contribution in [2.24, 2.45) is 0 Å². The Balaban J connectivity index is 1.63. The van der Waals surface area contributed by atoms with Crippen LogP contribution < -0.4 is 16.4 Å². The lowest BCUT2D eigenvalue weighted by Gasteiger charge is -2.11. The maximum absolute atomic E-state index is 12.6. The zero-order valence-corrected chi connectivity index (χ0v) is 15.4. The molecule has 0 radical (unpaired) electrons. The Hall–Kier alpha value is -3.42. The van der Waals surface area contributed by atoms with Crippen molar-refractivity contribution in [1.82, 2.24) is 24.4 Å². The van der Waals surface area contributed by atoms with Gasteiger partial charge < -0.3 is 5.32 Å². The molecule has 1 aromatic carbocycles. The number of aromatic nitrogens is 5. The van der Waals surface area contributed by atoms with Crippen molar-refractivity contribution in [1.29, 1.82) is 0 Å². The molecule has 0 amide bonds. The van der Waals surface area contributed by atoms with Crippen LogP contribution in [0.2, 0.25) is 0 Å². The fraction of sp³-hybridized carbons (Fsp3) is 0.263. The molecule has 0 aliphatic carbocycles. The van der Waals surface area contributed by atoms with Crippen LogP contribution in [0.5, 0.6) is 0 Å². The smallest absolute Gasteiger partial charge is 0.273 e. The summed E-state index contributed by atoms with van der Waals surface area (Å²) in [5.41, 5.74) is 3.16. The number of aromatic amines is 1. The van der Waals surface area contributed by atoms with E-state index in [1.165, 1.54) is 4.68 Å². The highest BCUT2D eigenvalue weighted by molar-refractivity contribution is 5.80. The summed E-state index contributed by atoms with van der Waals surface area (Å²) in [6, 6.07) is 8.72. The fourth-order valence-electron chi connectivity index (χ4n) is 3.18. The van der Waals surface area contributed by atoms with E-state index in [2.05, 4.69) is 20.5 Å². The third-order valence-electron chi connectivity index (χ3n) is 4.71. The van der Waals surface area contributed by atoms with Gasteiger partial charge in [0.25, 0.3) is 11.1 Å². The van der Waals surface area contributed by atoms with Gasteiger partial charge in [-0.25, -0.2) is 9.67 Å². The second-order valence-electron chi connectivity index (χ2n) is 6.60. The summed E-state index contributed by atoms with van der Waals surface area (Å²) < 4.78 is 3.10. The van der Waals surface area contributed by atoms with Crippen LogP contribution in [-0.2, 0) is 6.54 Å². The van der Waals surface area contributed by atoms with E-state index in [1.54, 1.807) is 28.8 Å². The first-order valence-corrected chi connectivity index (χ1v) is 8.75. The van der Waals surface area contributed by atoms with Gasteiger partial charge >= 0.3 is 0 Å². The summed E-state index contributed by atoms with van der Waals surface area (Å²) in [4.78, 5) is 29.3. The first kappa shape index (κ1) is 17.0. The zero-order valence-electron chi connectivity index (χ0n) is 15.4. The minimum absolute atomic E-state index is 0.214. The van der Waals surface area contributed by atoms with E-state index < -0.39 is 0 Å². The molecule has 0 atom stereocenters. The SMILES string of the molecule is Cc1cc(NCCn2[nH]c(=O)c3ccccc3c2=O)n2nc(C)c(C)c2n1. The average Bonchev–Trinajstić information content (AvgIpc) is 2.94. The second-order valence-corrected chi connectivity index (χ2v) is 6.60. The minimum Gasteiger partial charge on any atom is -0.368 e. The van der Waals surface area contributed by atoms with E-state index in [4.69, 9.17) is 0 Å². The zero-order chi connectivity index (χ0) is 19.1. The number of hydrogen-bond acceptors (Lipinski definition) is 5. The Kier molecular flexibility index (Phi) is 4.02. The van der Waals surface area contributed by atoms with Crippen molar-refractivity contribution >= 4 is 22.2 Å². The van der Waals surface area contributed by atoms with E-state index in [9.17, 15) is 9.59 Å². The molecule has 3 aromatic heterocycles. The molecular weight excluding hydrogens is 344 g/mol. The van der Waals surface area contributed by atoms with Crippen LogP contribution in [0.15, 0.2) is 39.9 Å². The molecule has 0 spiro atoms. The number of nitrogens with zero attached hydrogens (tertiary/aromatic N) is 4. The van der Waals surface area contributed by atoms with Crippen molar-refractivity contribution in [2.75, 3.05) is 11.9 Å². The molecule has 4 rings (SSSR count). The molecule has 0 aliphatic rings. The number of aryl methyl sites for hydroxylation is 3. The molecule has 3 heterocycles. The molecular formula is C19H20N6O2. The Morgan fingerprint density at radius 1 is 1.11 bits per heavy atom. The van der Waals surface area contributed by atoms with Crippen LogP contribution in [0.3, 0.4) is 0 Å². The summed E-state index contributed by atoms with van der Waals surface area (Å²) >= 11 is 0. The van der Waals surface area contributed by atoms with Crippen molar-refractivity contribution in [3.05, 3.63) is 68.0 Å². The molecule has 0 fully saturated rings. The number of hydrogen-bond donors (Lipinski definition) is 2. The molecule has 0 saturated heterocycles. The quantitative estimate of drug-likeness (QED) is 0.575. The molecule has 0 aliphatic heterocycles. The van der Waals surface area contributed by atoms with Gasteiger partial charge in [-0.2, -0.15) is 9.61 Å². The van der Waals surface area contributed by atoms with Crippen LogP contribution in [0.25, 0.3) is 16.4 Å². The van der Waals surface area contributed by atoms with E-state index in [0.29, 0.717) is 23.9 Å². The van der Waals surface area contributed by atoms with Crippen LogP contribution in [0.1, 0.15) is 17.0 Å². The lowest BCUT2D eigenvalue weighted by Crippen LogP contribution is -2.32. The molecule has 138 valence electrons. The van der Waals surface area contributed by atoms with Gasteiger partial charge in [-0.15, -0.1) is 0 Å². The van der Waals surface area contributed by atoms with Gasteiger partial charge in [0.05, 0.1) is 23.0 Å². The summed E-state index contributed by atoms with van der Waals surface area (Å²) in [5.74, 6) is 0.796. The van der Waals surface area contributed by atoms with Gasteiger partial charge in [-0.1, -0.05) is 12.1 Å². The van der Waals surface area contributed by atoms with Gasteiger partial charge in [-0.3, -0.25) is 14.7 Å². The lowest BCUT2D eigenvalue weighted by molar-refractivity contribution is 0.595. The maximum atomic E-state index is 12.6. The Morgan fingerprint density at radius 2 is 1.85 bits per heavy atom. The number of H-pyrrole nitrogens is 1. The van der Waals surface area contributed by atoms with Crippen molar-refractivity contribution in [3.63, 3.8) is 0 Å². The number of anilines is 1. The van der Waals surface area contributed by atoms with Crippen LogP contribution in [0.4, 0.5) is 5.82 Å². The Morgan fingerprint density at radius 3 is 2.63 bits per heavy atom. The predicted octanol–water partition coefficient (Wildman–Crippen LogP) is 1.77. The molecule has 2 N–H and O–H groups in total. The van der Waals surface area contributed by atoms with E-state index in [0.717, 1.165) is 28.4 Å². The molecule has 0 unspecified atom stereocenters. The minimum atomic E-state index is -0.273. The maximum Gasteiger partial charge on any atom is 0.273 e. The second kappa shape index (κ2) is 6.39. The first-order valence-electron chi connectivity index (χ1n) is 8.75. The number of nitrogens with one attached hydrogen (secondary N) is 2. The van der Waals surface area contributed by atoms with E-state index in [-0.39, 0.29) is 11.1 Å². The van der Waals surface area contributed by atoms with E-state index >= 15 is 0 Å². The third-order valence-corrected chi connectivity index (χ3v) is 4.71. The molecule has 8 nitrogen and oxygen atoms in total. The highest BCUT2D eigenvalue weighted by Gasteiger charge is 2.11. The lowest BCUT2D eigenvalue weighted by atomic mass is 10.2. The van der Waals surface area contributed by atoms with Crippen molar-refractivity contribution in [3.8, 4) is 0 Å². The average molecular weight is 364 g/mol. The predicted molar refractivity (Wildman–Crippen MR) is 105 cm³/mol. The van der Waals surface area contributed by atoms with Crippen molar-refractivity contribution < 1.29 is 0 Å². The summed E-state index contributed by atoms with van der Waals surface area (Å²) in [6.45, 7) is 6.64. The number of fused-ring (bicyclic) bond motifs is 2. The summed E-state index contributed by atoms with van der Waals surface area (Å²) in [5, 5.41) is 11.3. The largest absolute Gasteiger partial charge is 0.368 e. The standard InChI is InChI=1S/C19H20N6O2/c1-11-10-16(25-17(21-11)12(2)13(3)22-25)20-8-9-24-19(27)15-7-5-4-6-14(15)18(26)23-24/h4-7,10,20H,8-9H2,1-3H3,(H,23,26). The van der Waals surface area contributed by atoms with E-state index in [1.807, 2.05) is 26.8 Å². The highest BCUT2D eigenvalue weighted by atomic mass is 16.2. The normalized spacial score (nSPS) is 11.4. The van der Waals surface area contributed by atoms with Gasteiger partial charge in [0, 0.05) is 23.9 Å². The van der Waals surface area contributed by atoms with Gasteiger partial charge in [0.2, 0.25) is 0 Å². The summed E-state index contributed by atoms with van der Waals surface area (Å²) in [6.07, 6.45) is 0. The highest BCUT2D eigenvalue weighted by Crippen LogP contribution is 2.17. The Labute approximate surface area is 154 Å². The molecule has 8 heteroatoms. The van der Waals surface area contributed by atoms with Gasteiger partial charge in [0.15, 0.2) is 5.65 Å². The van der Waals surface area contributed by atoms with Crippen LogP contribution in [0, 0.1) is 20.8 Å². The molecule has 27 heavy (non-hydrogen) atoms. The van der Waals surface area contributed by atoms with Crippen LogP contribution in [-0.4, -0.2) is 30.9 Å². The van der Waals surface area contributed by atoms with Crippen molar-refractivity contribution in [2.45, 2.75) is 27.3 Å². The molecule has 0 saturated carbocycles. The number of benzene rings is 1. The van der Waals surface area contributed by atoms with Crippen LogP contribution >= 0.6 is 0 Å². The number of rotatable bonds is 4. The monoisotopic (exact) mass is 364 g/mol. The summed E-state index contributed by atoms with van der Waals surface area (Å²) in [7, 11) is 0. The molecule has 0 bridgehead atoms. The molecule has 4 aromatic rings. The third kappa shape index (κ3) is 2.88. The fourth-order valence-corrected chi connectivity index (χ4v) is 3.18. The first-order chi connectivity index (χ1) is 13.0. The Bertz CT molecular complexity index is 1280.